The predicted molar refractivity (Wildman–Crippen MR) is 94.4 cm³/mol. The molecular formula is C16H26N6O4. The van der Waals surface area contributed by atoms with E-state index in [1.54, 1.807) is 6.92 Å². The first kappa shape index (κ1) is 19.7. The minimum absolute atomic E-state index is 0.0345. The summed E-state index contributed by atoms with van der Waals surface area (Å²) in [6.45, 7) is 5.20. The smallest absolute Gasteiger partial charge is 0.325 e. The molecule has 1 saturated heterocycles. The summed E-state index contributed by atoms with van der Waals surface area (Å²) in [7, 11) is 0. The molecule has 10 heteroatoms. The van der Waals surface area contributed by atoms with E-state index in [2.05, 4.69) is 26.3 Å². The lowest BCUT2D eigenvalue weighted by Gasteiger charge is -2.14. The van der Waals surface area contributed by atoms with Gasteiger partial charge in [-0.1, -0.05) is 6.92 Å². The van der Waals surface area contributed by atoms with Gasteiger partial charge in [-0.05, 0) is 19.8 Å². The Morgan fingerprint density at radius 3 is 2.81 bits per heavy atom. The molecule has 2 aliphatic rings. The maximum atomic E-state index is 12.3. The van der Waals surface area contributed by atoms with Crippen molar-refractivity contribution in [1.82, 2.24) is 26.2 Å². The van der Waals surface area contributed by atoms with Crippen molar-refractivity contribution >= 4 is 29.6 Å². The molecule has 0 saturated carbocycles. The van der Waals surface area contributed by atoms with E-state index in [-0.39, 0.29) is 24.8 Å². The Balaban J connectivity index is 1.71. The van der Waals surface area contributed by atoms with Crippen LogP contribution in [0.25, 0.3) is 0 Å². The first-order valence-electron chi connectivity index (χ1n) is 8.79. The van der Waals surface area contributed by atoms with Crippen LogP contribution in [0.15, 0.2) is 4.99 Å². The first-order valence-corrected chi connectivity index (χ1v) is 8.79. The third-order valence-electron chi connectivity index (χ3n) is 4.34. The number of guanidine groups is 1. The van der Waals surface area contributed by atoms with E-state index < -0.39 is 23.9 Å². The van der Waals surface area contributed by atoms with Gasteiger partial charge in [0.1, 0.15) is 18.4 Å². The summed E-state index contributed by atoms with van der Waals surface area (Å²) < 4.78 is 0. The lowest BCUT2D eigenvalue weighted by molar-refractivity contribution is -0.132. The second kappa shape index (κ2) is 9.16. The summed E-state index contributed by atoms with van der Waals surface area (Å²) in [6.07, 6.45) is 1.15. The lowest BCUT2D eigenvalue weighted by Crippen LogP contribution is -2.42. The highest BCUT2D eigenvalue weighted by atomic mass is 16.2. The van der Waals surface area contributed by atoms with Gasteiger partial charge >= 0.3 is 6.03 Å². The topological polar surface area (TPSA) is 132 Å². The summed E-state index contributed by atoms with van der Waals surface area (Å²) in [5.41, 5.74) is 0. The minimum Gasteiger partial charge on any atom is -0.356 e. The highest BCUT2D eigenvalue weighted by Gasteiger charge is 2.38. The summed E-state index contributed by atoms with van der Waals surface area (Å²) >= 11 is 0. The fourth-order valence-electron chi connectivity index (χ4n) is 2.56. The average Bonchev–Trinajstić information content (AvgIpc) is 3.20. The van der Waals surface area contributed by atoms with Gasteiger partial charge in [0.15, 0.2) is 5.96 Å². The van der Waals surface area contributed by atoms with Gasteiger partial charge in [-0.2, -0.15) is 0 Å². The molecule has 0 aromatic carbocycles. The van der Waals surface area contributed by atoms with Gasteiger partial charge in [-0.25, -0.2) is 4.79 Å². The molecule has 0 bridgehead atoms. The number of rotatable bonds is 9. The maximum absolute atomic E-state index is 12.3. The molecule has 2 rings (SSSR count). The van der Waals surface area contributed by atoms with Crippen molar-refractivity contribution in [1.29, 1.82) is 0 Å². The third-order valence-corrected chi connectivity index (χ3v) is 4.34. The number of Topliss-reactive ketones (excluding diaryl/α,β-unsaturated/α-hetero) is 1. The van der Waals surface area contributed by atoms with Crippen LogP contribution in [0.3, 0.4) is 0 Å². The maximum Gasteiger partial charge on any atom is 0.325 e. The number of aliphatic imine (C=N–C) groups is 1. The van der Waals surface area contributed by atoms with Crippen molar-refractivity contribution in [2.24, 2.45) is 10.9 Å². The molecule has 4 amide bonds. The number of nitrogens with one attached hydrogen (secondary N) is 4. The molecule has 144 valence electrons. The Kier molecular flexibility index (Phi) is 6.93. The molecule has 2 unspecified atom stereocenters. The van der Waals surface area contributed by atoms with Crippen LogP contribution in [-0.4, -0.2) is 73.3 Å². The molecular weight excluding hydrogens is 340 g/mol. The predicted octanol–water partition coefficient (Wildman–Crippen LogP) is -1.42. The quantitative estimate of drug-likeness (QED) is 0.292. The zero-order valence-electron chi connectivity index (χ0n) is 15.1. The number of nitrogens with zero attached hydrogens (tertiary/aromatic N) is 2. The van der Waals surface area contributed by atoms with Crippen molar-refractivity contribution in [3.63, 3.8) is 0 Å². The Bertz CT molecular complexity index is 606. The van der Waals surface area contributed by atoms with Crippen LogP contribution in [0.4, 0.5) is 4.79 Å². The van der Waals surface area contributed by atoms with Gasteiger partial charge in [0.25, 0.3) is 5.91 Å². The van der Waals surface area contributed by atoms with Gasteiger partial charge in [0.2, 0.25) is 5.91 Å². The minimum atomic E-state index is -0.619. The fourth-order valence-corrected chi connectivity index (χ4v) is 2.56. The molecule has 2 heterocycles. The Labute approximate surface area is 152 Å². The number of imide groups is 1. The number of carbonyl (C=O) groups is 4. The third kappa shape index (κ3) is 5.43. The number of amides is 4. The highest BCUT2D eigenvalue weighted by molar-refractivity contribution is 6.06. The second-order valence-corrected chi connectivity index (χ2v) is 6.47. The van der Waals surface area contributed by atoms with E-state index in [0.29, 0.717) is 19.4 Å². The Morgan fingerprint density at radius 1 is 1.38 bits per heavy atom. The van der Waals surface area contributed by atoms with E-state index in [9.17, 15) is 19.2 Å². The standard InChI is InChI=1S/C16H26N6O4/c1-10(11(2)23)8-20-13(24)9-22-14(25)12(21-16(22)26)4-3-5-17-15-18-6-7-19-15/h10,12H,3-9H2,1-2H3,(H,20,24)(H,21,26)(H2,17,18,19). The van der Waals surface area contributed by atoms with Crippen molar-refractivity contribution < 1.29 is 19.2 Å². The van der Waals surface area contributed by atoms with Crippen LogP contribution in [-0.2, 0) is 14.4 Å². The average molecular weight is 366 g/mol. The number of ketones is 1. The van der Waals surface area contributed by atoms with Crippen molar-refractivity contribution in [3.05, 3.63) is 0 Å². The molecule has 0 spiro atoms. The summed E-state index contributed by atoms with van der Waals surface area (Å²) in [5.74, 6) is -0.450. The van der Waals surface area contributed by atoms with Gasteiger partial charge in [0.05, 0.1) is 6.54 Å². The molecule has 10 nitrogen and oxygen atoms in total. The summed E-state index contributed by atoms with van der Waals surface area (Å²) in [5, 5.41) is 11.4. The number of hydrogen-bond donors (Lipinski definition) is 4. The van der Waals surface area contributed by atoms with Gasteiger partial charge in [-0.15, -0.1) is 0 Å². The molecule has 4 N–H and O–H groups in total. The molecule has 2 aliphatic heterocycles. The van der Waals surface area contributed by atoms with Gasteiger partial charge in [-0.3, -0.25) is 24.3 Å². The first-order chi connectivity index (χ1) is 12.4. The molecule has 0 aromatic rings. The molecule has 0 aromatic heterocycles. The molecule has 26 heavy (non-hydrogen) atoms. The van der Waals surface area contributed by atoms with Crippen LogP contribution < -0.4 is 21.3 Å². The van der Waals surface area contributed by atoms with Crippen LogP contribution in [0.5, 0.6) is 0 Å². The fraction of sp³-hybridized carbons (Fsp3) is 0.688. The lowest BCUT2D eigenvalue weighted by atomic mass is 10.1. The molecule has 2 atom stereocenters. The molecule has 0 aliphatic carbocycles. The highest BCUT2D eigenvalue weighted by Crippen LogP contribution is 2.10. The largest absolute Gasteiger partial charge is 0.356 e. The second-order valence-electron chi connectivity index (χ2n) is 6.47. The molecule has 1 fully saturated rings. The number of hydrogen-bond acceptors (Lipinski definition) is 7. The van der Waals surface area contributed by atoms with Crippen molar-refractivity contribution in [2.75, 3.05) is 32.7 Å². The van der Waals surface area contributed by atoms with E-state index in [1.807, 2.05) is 0 Å². The zero-order valence-corrected chi connectivity index (χ0v) is 15.1. The Morgan fingerprint density at radius 2 is 2.15 bits per heavy atom. The van der Waals surface area contributed by atoms with E-state index >= 15 is 0 Å². The SMILES string of the molecule is CC(=O)C(C)CNC(=O)CN1C(=O)NC(CCCNC2=NCCN2)C1=O. The van der Waals surface area contributed by atoms with E-state index in [1.165, 1.54) is 6.92 Å². The van der Waals surface area contributed by atoms with E-state index in [4.69, 9.17) is 0 Å². The summed E-state index contributed by atoms with van der Waals surface area (Å²) in [4.78, 5) is 52.4. The van der Waals surface area contributed by atoms with Crippen molar-refractivity contribution in [2.45, 2.75) is 32.7 Å². The normalized spacial score (nSPS) is 20.3. The zero-order chi connectivity index (χ0) is 19.1. The van der Waals surface area contributed by atoms with Crippen LogP contribution in [0.1, 0.15) is 26.7 Å². The van der Waals surface area contributed by atoms with Crippen LogP contribution in [0.2, 0.25) is 0 Å². The number of urea groups is 1. The molecule has 0 radical (unpaired) electrons. The van der Waals surface area contributed by atoms with Crippen molar-refractivity contribution in [3.8, 4) is 0 Å². The van der Waals surface area contributed by atoms with Crippen LogP contribution in [0, 0.1) is 5.92 Å². The van der Waals surface area contributed by atoms with E-state index in [0.717, 1.165) is 23.9 Å². The number of carbonyl (C=O) groups excluding carboxylic acids is 4. The van der Waals surface area contributed by atoms with Gasteiger partial charge < -0.3 is 21.3 Å². The Hall–Kier alpha value is -2.65. The van der Waals surface area contributed by atoms with Gasteiger partial charge in [0, 0.05) is 25.6 Å². The monoisotopic (exact) mass is 366 g/mol. The van der Waals surface area contributed by atoms with Crippen LogP contribution >= 0.6 is 0 Å². The summed E-state index contributed by atoms with van der Waals surface area (Å²) in [6, 6.07) is -1.18.